The third kappa shape index (κ3) is 4.06. The van der Waals surface area contributed by atoms with Gasteiger partial charge in [-0.15, -0.1) is 0 Å². The summed E-state index contributed by atoms with van der Waals surface area (Å²) in [4.78, 5) is 22.1. The van der Waals surface area contributed by atoms with Crippen LogP contribution in [-0.4, -0.2) is 35.2 Å². The molecule has 0 bridgehead atoms. The van der Waals surface area contributed by atoms with Crippen molar-refractivity contribution in [3.05, 3.63) is 23.8 Å². The van der Waals surface area contributed by atoms with Crippen molar-refractivity contribution in [1.82, 2.24) is 5.32 Å². The minimum Gasteiger partial charge on any atom is -0.507 e. The average Bonchev–Trinajstić information content (AvgIpc) is 2.28. The molecular formula is C12H16N2O4. The van der Waals surface area contributed by atoms with Gasteiger partial charge in [0.05, 0.1) is 0 Å². The van der Waals surface area contributed by atoms with Crippen LogP contribution >= 0.6 is 0 Å². The minimum absolute atomic E-state index is 0.194. The molecule has 1 aromatic rings. The van der Waals surface area contributed by atoms with E-state index in [1.54, 1.807) is 0 Å². The van der Waals surface area contributed by atoms with E-state index >= 15 is 0 Å². The molecule has 0 spiro atoms. The van der Waals surface area contributed by atoms with E-state index in [0.717, 1.165) is 6.54 Å². The molecule has 0 atom stereocenters. The van der Waals surface area contributed by atoms with Gasteiger partial charge in [-0.25, -0.2) is 4.79 Å². The van der Waals surface area contributed by atoms with Crippen LogP contribution in [0, 0.1) is 0 Å². The maximum absolute atomic E-state index is 11.5. The van der Waals surface area contributed by atoms with Crippen molar-refractivity contribution in [2.24, 2.45) is 0 Å². The van der Waals surface area contributed by atoms with E-state index in [4.69, 9.17) is 5.11 Å². The molecule has 0 unspecified atom stereocenters. The van der Waals surface area contributed by atoms with E-state index in [9.17, 15) is 14.7 Å². The number of carboxylic acid groups (broad SMARTS) is 1. The summed E-state index contributed by atoms with van der Waals surface area (Å²) < 4.78 is 0. The Kier molecular flexibility index (Phi) is 5.13. The number of nitrogens with one attached hydrogen (secondary N) is 2. The lowest BCUT2D eigenvalue weighted by Gasteiger charge is -2.07. The van der Waals surface area contributed by atoms with Crippen molar-refractivity contribution in [2.75, 3.05) is 18.4 Å². The number of phenols is 1. The van der Waals surface area contributed by atoms with Crippen LogP contribution in [0.25, 0.3) is 0 Å². The van der Waals surface area contributed by atoms with E-state index in [-0.39, 0.29) is 17.2 Å². The largest absolute Gasteiger partial charge is 0.507 e. The fourth-order valence-corrected chi connectivity index (χ4v) is 1.39. The number of carbonyl (C=O) groups excluding carboxylic acids is 1. The monoisotopic (exact) mass is 252 g/mol. The van der Waals surface area contributed by atoms with Crippen molar-refractivity contribution in [2.45, 2.75) is 13.3 Å². The zero-order chi connectivity index (χ0) is 13.5. The number of hydrogen-bond donors (Lipinski definition) is 4. The SMILES string of the molecule is CCNCCC(=O)Nc1ccc(C(=O)O)c(O)c1. The maximum Gasteiger partial charge on any atom is 0.339 e. The van der Waals surface area contributed by atoms with Gasteiger partial charge in [-0.1, -0.05) is 6.92 Å². The highest BCUT2D eigenvalue weighted by Crippen LogP contribution is 2.21. The summed E-state index contributed by atoms with van der Waals surface area (Å²) in [5.41, 5.74) is 0.180. The van der Waals surface area contributed by atoms with Gasteiger partial charge >= 0.3 is 5.97 Å². The number of carboxylic acids is 1. The van der Waals surface area contributed by atoms with Crippen molar-refractivity contribution >= 4 is 17.6 Å². The van der Waals surface area contributed by atoms with Crippen LogP contribution in [0.1, 0.15) is 23.7 Å². The topological polar surface area (TPSA) is 98.7 Å². The third-order valence-electron chi connectivity index (χ3n) is 2.29. The number of rotatable bonds is 6. The number of aromatic carboxylic acids is 1. The Balaban J connectivity index is 2.60. The molecule has 0 radical (unpaired) electrons. The molecule has 18 heavy (non-hydrogen) atoms. The lowest BCUT2D eigenvalue weighted by Crippen LogP contribution is -2.21. The molecule has 1 amide bonds. The Labute approximate surface area is 105 Å². The first kappa shape index (κ1) is 14.0. The molecule has 1 aromatic carbocycles. The van der Waals surface area contributed by atoms with E-state index in [2.05, 4.69) is 10.6 Å². The molecule has 6 nitrogen and oxygen atoms in total. The Bertz CT molecular complexity index is 446. The van der Waals surface area contributed by atoms with Crippen LogP contribution in [0.5, 0.6) is 5.75 Å². The van der Waals surface area contributed by atoms with Gasteiger partial charge in [0.1, 0.15) is 11.3 Å². The lowest BCUT2D eigenvalue weighted by molar-refractivity contribution is -0.116. The molecule has 0 saturated heterocycles. The van der Waals surface area contributed by atoms with Gasteiger partial charge in [-0.2, -0.15) is 0 Å². The molecule has 1 rings (SSSR count). The number of carbonyl (C=O) groups is 2. The number of aromatic hydroxyl groups is 1. The smallest absolute Gasteiger partial charge is 0.339 e. The van der Waals surface area contributed by atoms with Crippen molar-refractivity contribution in [1.29, 1.82) is 0 Å². The first-order valence-electron chi connectivity index (χ1n) is 5.61. The first-order valence-corrected chi connectivity index (χ1v) is 5.61. The Hall–Kier alpha value is -2.08. The minimum atomic E-state index is -1.21. The molecule has 6 heteroatoms. The van der Waals surface area contributed by atoms with Crippen LogP contribution in [0.15, 0.2) is 18.2 Å². The van der Waals surface area contributed by atoms with Gasteiger partial charge in [0.2, 0.25) is 5.91 Å². The molecule has 98 valence electrons. The second-order valence-corrected chi connectivity index (χ2v) is 3.69. The van der Waals surface area contributed by atoms with Crippen molar-refractivity contribution in [3.63, 3.8) is 0 Å². The molecule has 0 aliphatic carbocycles. The number of hydrogen-bond acceptors (Lipinski definition) is 4. The Morgan fingerprint density at radius 1 is 1.33 bits per heavy atom. The average molecular weight is 252 g/mol. The zero-order valence-corrected chi connectivity index (χ0v) is 10.1. The van der Waals surface area contributed by atoms with Gasteiger partial charge in [0, 0.05) is 24.7 Å². The van der Waals surface area contributed by atoms with Crippen molar-refractivity contribution in [3.8, 4) is 5.75 Å². The summed E-state index contributed by atoms with van der Waals surface area (Å²) in [6, 6.07) is 3.90. The first-order chi connectivity index (χ1) is 8.54. The molecular weight excluding hydrogens is 236 g/mol. The molecule has 0 aliphatic heterocycles. The van der Waals surface area contributed by atoms with Gasteiger partial charge in [0.15, 0.2) is 0 Å². The highest BCUT2D eigenvalue weighted by Gasteiger charge is 2.10. The van der Waals surface area contributed by atoms with E-state index in [1.165, 1.54) is 18.2 Å². The summed E-state index contributed by atoms with van der Waals surface area (Å²) in [5.74, 6) is -1.78. The molecule has 0 heterocycles. The summed E-state index contributed by atoms with van der Waals surface area (Å²) >= 11 is 0. The van der Waals surface area contributed by atoms with Crippen LogP contribution in [-0.2, 0) is 4.79 Å². The standard InChI is InChI=1S/C12H16N2O4/c1-2-13-6-5-11(16)14-8-3-4-9(12(17)18)10(15)7-8/h3-4,7,13,15H,2,5-6H2,1H3,(H,14,16)(H,17,18). The third-order valence-corrected chi connectivity index (χ3v) is 2.29. The van der Waals surface area contributed by atoms with Gasteiger partial charge in [0.25, 0.3) is 0 Å². The van der Waals surface area contributed by atoms with Gasteiger partial charge in [-0.3, -0.25) is 4.79 Å². The normalized spacial score (nSPS) is 10.1. The molecule has 0 fully saturated rings. The second kappa shape index (κ2) is 6.61. The fraction of sp³-hybridized carbons (Fsp3) is 0.333. The Morgan fingerprint density at radius 3 is 2.61 bits per heavy atom. The summed E-state index contributed by atoms with van der Waals surface area (Å²) in [7, 11) is 0. The quantitative estimate of drug-likeness (QED) is 0.567. The predicted molar refractivity (Wildman–Crippen MR) is 66.9 cm³/mol. The van der Waals surface area contributed by atoms with Crippen LogP contribution in [0.3, 0.4) is 0 Å². The molecule has 4 N–H and O–H groups in total. The van der Waals surface area contributed by atoms with Gasteiger partial charge < -0.3 is 20.8 Å². The fourth-order valence-electron chi connectivity index (χ4n) is 1.39. The van der Waals surface area contributed by atoms with Crippen LogP contribution in [0.4, 0.5) is 5.69 Å². The predicted octanol–water partition coefficient (Wildman–Crippen LogP) is 1.03. The number of anilines is 1. The zero-order valence-electron chi connectivity index (χ0n) is 10.1. The highest BCUT2D eigenvalue weighted by atomic mass is 16.4. The maximum atomic E-state index is 11.5. The van der Waals surface area contributed by atoms with E-state index < -0.39 is 5.97 Å². The summed E-state index contributed by atoms with van der Waals surface area (Å²) in [5, 5.41) is 23.8. The van der Waals surface area contributed by atoms with Crippen LogP contribution in [0.2, 0.25) is 0 Å². The van der Waals surface area contributed by atoms with Crippen molar-refractivity contribution < 1.29 is 19.8 Å². The van der Waals surface area contributed by atoms with Crippen LogP contribution < -0.4 is 10.6 Å². The number of amides is 1. The summed E-state index contributed by atoms with van der Waals surface area (Å²) in [6.45, 7) is 3.31. The molecule has 0 saturated carbocycles. The van der Waals surface area contributed by atoms with E-state index in [0.29, 0.717) is 18.7 Å². The second-order valence-electron chi connectivity index (χ2n) is 3.69. The van der Waals surface area contributed by atoms with Gasteiger partial charge in [-0.05, 0) is 18.7 Å². The molecule has 0 aromatic heterocycles. The highest BCUT2D eigenvalue weighted by molar-refractivity contribution is 5.94. The number of benzene rings is 1. The summed E-state index contributed by atoms with van der Waals surface area (Å²) in [6.07, 6.45) is 0.315. The Morgan fingerprint density at radius 2 is 2.06 bits per heavy atom. The molecule has 0 aliphatic rings. The van der Waals surface area contributed by atoms with E-state index in [1.807, 2.05) is 6.92 Å². The lowest BCUT2D eigenvalue weighted by atomic mass is 10.2.